The third-order valence-electron chi connectivity index (χ3n) is 2.60. The first-order valence-corrected chi connectivity index (χ1v) is 11.3. The van der Waals surface area contributed by atoms with Crippen LogP contribution >= 0.6 is 17.5 Å². The van der Waals surface area contributed by atoms with Crippen LogP contribution in [-0.4, -0.2) is 10.3 Å². The second kappa shape index (κ2) is 8.14. The van der Waals surface area contributed by atoms with Crippen LogP contribution in [0, 0.1) is 6.92 Å². The summed E-state index contributed by atoms with van der Waals surface area (Å²) >= 11 is 0.422. The van der Waals surface area contributed by atoms with Crippen molar-refractivity contribution in [1.29, 1.82) is 0 Å². The quantitative estimate of drug-likeness (QED) is 0.407. The van der Waals surface area contributed by atoms with Gasteiger partial charge in [-0.2, -0.15) is 0 Å². The van der Waals surface area contributed by atoms with E-state index in [1.54, 1.807) is 0 Å². The Kier molecular flexibility index (Phi) is 8.40. The van der Waals surface area contributed by atoms with Gasteiger partial charge in [0.05, 0.1) is 0 Å². The van der Waals surface area contributed by atoms with E-state index >= 15 is 0 Å². The molecule has 1 aromatic carbocycles. The predicted octanol–water partition coefficient (Wildman–Crippen LogP) is 5.97. The molecule has 1 rings (SSSR count). The van der Waals surface area contributed by atoms with Gasteiger partial charge in [0.15, 0.2) is 0 Å². The first-order valence-electron chi connectivity index (χ1n) is 6.43. The van der Waals surface area contributed by atoms with E-state index in [1.165, 1.54) is 10.9 Å². The van der Waals surface area contributed by atoms with Gasteiger partial charge in [-0.05, 0) is 22.5 Å². The summed E-state index contributed by atoms with van der Waals surface area (Å²) in [4.78, 5) is 0. The van der Waals surface area contributed by atoms with E-state index < -0.39 is 0 Å². The van der Waals surface area contributed by atoms with Crippen LogP contribution in [0.4, 0.5) is 0 Å². The Morgan fingerprint density at radius 1 is 1.00 bits per heavy atom. The van der Waals surface area contributed by atoms with Gasteiger partial charge in [-0.3, -0.25) is 0 Å². The fraction of sp³-hybridized carbons (Fsp3) is 0.625. The molecule has 0 nitrogen and oxygen atoms in total. The molecular formula is C16H28ClPPd. The van der Waals surface area contributed by atoms with Gasteiger partial charge in [0.25, 0.3) is 0 Å². The van der Waals surface area contributed by atoms with Crippen LogP contribution in [0.1, 0.15) is 47.1 Å². The molecule has 0 bridgehead atoms. The van der Waals surface area contributed by atoms with Gasteiger partial charge in [0.2, 0.25) is 0 Å². The van der Waals surface area contributed by atoms with Crippen molar-refractivity contribution in [2.24, 2.45) is 0 Å². The van der Waals surface area contributed by atoms with Gasteiger partial charge < -0.3 is 0 Å². The molecule has 0 radical (unpaired) electrons. The zero-order valence-corrected chi connectivity index (χ0v) is 16.7. The van der Waals surface area contributed by atoms with E-state index in [4.69, 9.17) is 9.53 Å². The minimum atomic E-state index is -0.154. The standard InChI is InChI=1S/C15H25P.CH3.ClH.Pd/c1-12-9-8-10-13(11-12)16(14(2,3)4)15(5,6)7;;;/h8-11H,1-7H3;1H3;1H;/q;;;+1/p-1. The van der Waals surface area contributed by atoms with Crippen LogP contribution < -0.4 is 5.30 Å². The summed E-state index contributed by atoms with van der Waals surface area (Å²) in [7, 11) is 4.89. The Labute approximate surface area is 133 Å². The van der Waals surface area contributed by atoms with Crippen LogP contribution in [0.2, 0.25) is 5.40 Å². The van der Waals surface area contributed by atoms with Crippen molar-refractivity contribution in [3.05, 3.63) is 29.8 Å². The summed E-state index contributed by atoms with van der Waals surface area (Å²) in [5.74, 6) is 0. The minimum absolute atomic E-state index is 0.154. The summed E-state index contributed by atoms with van der Waals surface area (Å²) in [6, 6.07) is 9.04. The van der Waals surface area contributed by atoms with Crippen LogP contribution in [-0.2, 0) is 17.0 Å². The van der Waals surface area contributed by atoms with E-state index in [0.29, 0.717) is 27.3 Å². The molecule has 0 unspecified atom stereocenters. The summed E-state index contributed by atoms with van der Waals surface area (Å²) < 4.78 is 0. The molecule has 0 aromatic heterocycles. The average Bonchev–Trinajstić information content (AvgIpc) is 2.13. The van der Waals surface area contributed by atoms with E-state index in [0.717, 1.165) is 0 Å². The normalized spacial score (nSPS) is 12.3. The van der Waals surface area contributed by atoms with Gasteiger partial charge in [-0.15, -0.1) is 0 Å². The van der Waals surface area contributed by atoms with Crippen LogP contribution in [0.3, 0.4) is 0 Å². The molecule has 19 heavy (non-hydrogen) atoms. The molecule has 1 aromatic rings. The van der Waals surface area contributed by atoms with Crippen LogP contribution in [0.25, 0.3) is 0 Å². The Morgan fingerprint density at radius 2 is 1.42 bits per heavy atom. The molecule has 0 aliphatic carbocycles. The second-order valence-corrected chi connectivity index (χ2v) is 12.5. The van der Waals surface area contributed by atoms with Crippen LogP contribution in [0.5, 0.6) is 0 Å². The molecule has 0 spiro atoms. The Bertz CT molecular complexity index is 363. The maximum atomic E-state index is 5.05. The first kappa shape index (κ1) is 19.6. The number of hydrogen-bond acceptors (Lipinski definition) is 0. The Balaban J connectivity index is 0.000000982. The van der Waals surface area contributed by atoms with Crippen molar-refractivity contribution in [2.75, 3.05) is 0 Å². The molecule has 0 fully saturated rings. The molecule has 0 saturated heterocycles. The molecule has 0 amide bonds. The number of aryl methyl sites for hydroxylation is 1. The third-order valence-corrected chi connectivity index (χ3v) is 6.08. The summed E-state index contributed by atoms with van der Waals surface area (Å²) in [6.07, 6.45) is 0. The monoisotopic (exact) mass is 392 g/mol. The van der Waals surface area contributed by atoms with Crippen molar-refractivity contribution in [3.63, 3.8) is 0 Å². The predicted molar refractivity (Wildman–Crippen MR) is 89.0 cm³/mol. The summed E-state index contributed by atoms with van der Waals surface area (Å²) in [5, 5.41) is 4.20. The van der Waals surface area contributed by atoms with E-state index in [2.05, 4.69) is 72.7 Å². The van der Waals surface area contributed by atoms with Gasteiger partial charge in [-0.25, -0.2) is 0 Å². The molecule has 114 valence electrons. The molecule has 3 heteroatoms. The second-order valence-electron chi connectivity index (χ2n) is 6.64. The van der Waals surface area contributed by atoms with Gasteiger partial charge >= 0.3 is 31.9 Å². The van der Waals surface area contributed by atoms with Crippen LogP contribution in [0.15, 0.2) is 24.3 Å². The van der Waals surface area contributed by atoms with Crippen molar-refractivity contribution in [1.82, 2.24) is 0 Å². The third kappa shape index (κ3) is 7.25. The van der Waals surface area contributed by atoms with Gasteiger partial charge in [0.1, 0.15) is 0 Å². The fourth-order valence-electron chi connectivity index (χ4n) is 2.55. The molecular weight excluding hydrogens is 365 g/mol. The number of benzene rings is 1. The molecule has 0 N–H and O–H groups in total. The molecule has 0 aliphatic heterocycles. The van der Waals surface area contributed by atoms with E-state index in [9.17, 15) is 0 Å². The molecule has 0 saturated carbocycles. The SMILES string of the molecule is Cc1cccc(P(C(C)(C)C)C(C)(C)C)c1.[CH3][Pd][Cl]. The van der Waals surface area contributed by atoms with Crippen molar-refractivity contribution in [2.45, 2.75) is 64.2 Å². The summed E-state index contributed by atoms with van der Waals surface area (Å²) in [6.45, 7) is 16.4. The zero-order chi connectivity index (χ0) is 15.3. The zero-order valence-electron chi connectivity index (χ0n) is 13.5. The Hall–Kier alpha value is 0.602. The van der Waals surface area contributed by atoms with Crippen molar-refractivity contribution >= 4 is 22.8 Å². The van der Waals surface area contributed by atoms with Gasteiger partial charge in [-0.1, -0.05) is 79.3 Å². The van der Waals surface area contributed by atoms with Gasteiger partial charge in [0, 0.05) is 0 Å². The molecule has 0 aliphatic rings. The average molecular weight is 393 g/mol. The number of rotatable bonds is 1. The number of hydrogen-bond donors (Lipinski definition) is 0. The molecule has 0 heterocycles. The first-order chi connectivity index (χ1) is 8.54. The number of halogens is 1. The van der Waals surface area contributed by atoms with Crippen molar-refractivity contribution < 1.29 is 17.0 Å². The fourth-order valence-corrected chi connectivity index (χ4v) is 6.68. The summed E-state index contributed by atoms with van der Waals surface area (Å²) in [5.41, 5.74) is 1.37. The maximum absolute atomic E-state index is 5.05. The topological polar surface area (TPSA) is 0 Å². The van der Waals surface area contributed by atoms with E-state index in [-0.39, 0.29) is 7.92 Å². The Morgan fingerprint density at radius 3 is 1.74 bits per heavy atom. The van der Waals surface area contributed by atoms with E-state index in [1.807, 2.05) is 5.40 Å². The molecule has 0 atom stereocenters. The van der Waals surface area contributed by atoms with Crippen molar-refractivity contribution in [3.8, 4) is 0 Å².